The fraction of sp³-hybridized carbons (Fsp3) is 1.00. The summed E-state index contributed by atoms with van der Waals surface area (Å²) in [6.07, 6.45) is 18.3. The largest absolute Gasteiger partial charge is 0.0654 e. The number of hydrogen-bond donors (Lipinski definition) is 0. The van der Waals surface area contributed by atoms with Crippen LogP contribution in [0.15, 0.2) is 0 Å². The van der Waals surface area contributed by atoms with E-state index in [0.717, 1.165) is 23.7 Å². The third kappa shape index (κ3) is 4.28. The van der Waals surface area contributed by atoms with Gasteiger partial charge in [0.15, 0.2) is 0 Å². The Balaban J connectivity index is 1.63. The first kappa shape index (κ1) is 14.4. The zero-order valence-corrected chi connectivity index (χ0v) is 12.8. The van der Waals surface area contributed by atoms with Crippen LogP contribution in [0.3, 0.4) is 0 Å². The lowest BCUT2D eigenvalue weighted by Crippen LogP contribution is -2.20. The monoisotopic (exact) mass is 250 g/mol. The van der Waals surface area contributed by atoms with Crippen LogP contribution < -0.4 is 0 Å². The maximum Gasteiger partial charge on any atom is -0.0411 e. The molecule has 18 heavy (non-hydrogen) atoms. The smallest absolute Gasteiger partial charge is 0.0411 e. The zero-order valence-electron chi connectivity index (χ0n) is 12.8. The van der Waals surface area contributed by atoms with Gasteiger partial charge in [-0.2, -0.15) is 0 Å². The van der Waals surface area contributed by atoms with Gasteiger partial charge in [-0.05, 0) is 30.1 Å². The van der Waals surface area contributed by atoms with Gasteiger partial charge in [0.25, 0.3) is 0 Å². The second-order valence-electron chi connectivity index (χ2n) is 7.21. The van der Waals surface area contributed by atoms with E-state index in [1.54, 1.807) is 44.9 Å². The van der Waals surface area contributed by atoms with Crippen LogP contribution in [0.4, 0.5) is 0 Å². The molecule has 2 rings (SSSR count). The first-order chi connectivity index (χ1) is 8.81. The van der Waals surface area contributed by atoms with Crippen LogP contribution in [0.1, 0.15) is 90.9 Å². The third-order valence-corrected chi connectivity index (χ3v) is 5.87. The van der Waals surface area contributed by atoms with E-state index in [1.165, 1.54) is 32.1 Å². The van der Waals surface area contributed by atoms with E-state index in [1.807, 2.05) is 0 Å². The zero-order chi connectivity index (χ0) is 12.8. The lowest BCUT2D eigenvalue weighted by atomic mass is 9.72. The van der Waals surface area contributed by atoms with E-state index in [4.69, 9.17) is 0 Å². The second kappa shape index (κ2) is 7.56. The first-order valence-electron chi connectivity index (χ1n) is 8.81. The topological polar surface area (TPSA) is 0 Å². The average molecular weight is 250 g/mol. The van der Waals surface area contributed by atoms with E-state index in [2.05, 4.69) is 13.8 Å². The number of rotatable bonds is 5. The number of hydrogen-bond acceptors (Lipinski definition) is 0. The summed E-state index contributed by atoms with van der Waals surface area (Å²) in [4.78, 5) is 0. The van der Waals surface area contributed by atoms with Gasteiger partial charge in [-0.25, -0.2) is 0 Å². The van der Waals surface area contributed by atoms with Crippen molar-refractivity contribution < 1.29 is 0 Å². The molecule has 2 aliphatic rings. The molecule has 0 aromatic heterocycles. The molecular formula is C18H34. The van der Waals surface area contributed by atoms with Gasteiger partial charge in [-0.3, -0.25) is 0 Å². The lowest BCUT2D eigenvalue weighted by Gasteiger charge is -2.34. The molecule has 0 heterocycles. The van der Waals surface area contributed by atoms with Gasteiger partial charge in [-0.1, -0.05) is 84.5 Å². The molecule has 106 valence electrons. The van der Waals surface area contributed by atoms with E-state index in [-0.39, 0.29) is 0 Å². The van der Waals surface area contributed by atoms with Crippen LogP contribution in [0.2, 0.25) is 0 Å². The fourth-order valence-corrected chi connectivity index (χ4v) is 4.51. The van der Waals surface area contributed by atoms with E-state index < -0.39 is 0 Å². The van der Waals surface area contributed by atoms with Crippen LogP contribution >= 0.6 is 0 Å². The summed E-state index contributed by atoms with van der Waals surface area (Å²) < 4.78 is 0. The van der Waals surface area contributed by atoms with E-state index in [0.29, 0.717) is 0 Å². The molecule has 0 unspecified atom stereocenters. The molecule has 0 amide bonds. The molecule has 0 saturated heterocycles. The molecule has 0 N–H and O–H groups in total. The molecule has 0 aliphatic heterocycles. The highest BCUT2D eigenvalue weighted by molar-refractivity contribution is 4.78. The normalized spacial score (nSPS) is 37.7. The summed E-state index contributed by atoms with van der Waals surface area (Å²) in [7, 11) is 0. The van der Waals surface area contributed by atoms with Crippen molar-refractivity contribution in [1.82, 2.24) is 0 Å². The van der Waals surface area contributed by atoms with Crippen molar-refractivity contribution in [3.05, 3.63) is 0 Å². The Morgan fingerprint density at radius 3 is 1.50 bits per heavy atom. The van der Waals surface area contributed by atoms with E-state index in [9.17, 15) is 0 Å². The van der Waals surface area contributed by atoms with Crippen molar-refractivity contribution in [2.24, 2.45) is 23.7 Å². The molecule has 0 radical (unpaired) electrons. The average Bonchev–Trinajstić information content (AvgIpc) is 2.42. The Bertz CT molecular complexity index is 204. The van der Waals surface area contributed by atoms with Gasteiger partial charge in [0.05, 0.1) is 0 Å². The molecule has 0 spiro atoms. The minimum Gasteiger partial charge on any atom is -0.0654 e. The predicted octanol–water partition coefficient (Wildman–Crippen LogP) is 6.20. The van der Waals surface area contributed by atoms with Gasteiger partial charge >= 0.3 is 0 Å². The van der Waals surface area contributed by atoms with Crippen molar-refractivity contribution >= 4 is 0 Å². The first-order valence-corrected chi connectivity index (χ1v) is 8.81. The summed E-state index contributed by atoms with van der Waals surface area (Å²) in [5, 5.41) is 0. The molecule has 0 nitrogen and oxygen atoms in total. The fourth-order valence-electron chi connectivity index (χ4n) is 4.51. The van der Waals surface area contributed by atoms with Crippen LogP contribution in [0.5, 0.6) is 0 Å². The Labute approximate surface area is 115 Å². The van der Waals surface area contributed by atoms with Crippen molar-refractivity contribution in [2.75, 3.05) is 0 Å². The SMILES string of the molecule is CCCC1CCC(CC2CCC(CC)CC2)CC1. The van der Waals surface area contributed by atoms with Crippen LogP contribution in [0, 0.1) is 23.7 Å². The van der Waals surface area contributed by atoms with Gasteiger partial charge in [-0.15, -0.1) is 0 Å². The van der Waals surface area contributed by atoms with Gasteiger partial charge < -0.3 is 0 Å². The molecule has 0 bridgehead atoms. The summed E-state index contributed by atoms with van der Waals surface area (Å²) in [5.41, 5.74) is 0. The maximum atomic E-state index is 2.37. The highest BCUT2D eigenvalue weighted by atomic mass is 14.3. The van der Waals surface area contributed by atoms with Crippen LogP contribution in [-0.2, 0) is 0 Å². The lowest BCUT2D eigenvalue weighted by molar-refractivity contribution is 0.186. The Kier molecular flexibility index (Phi) is 6.05. The summed E-state index contributed by atoms with van der Waals surface area (Å²) in [5.74, 6) is 4.35. The molecular weight excluding hydrogens is 216 g/mol. The van der Waals surface area contributed by atoms with Crippen molar-refractivity contribution in [3.8, 4) is 0 Å². The minimum absolute atomic E-state index is 1.07. The highest BCUT2D eigenvalue weighted by Crippen LogP contribution is 2.39. The predicted molar refractivity (Wildman–Crippen MR) is 80.7 cm³/mol. The standard InChI is InChI=1S/C18H34/c1-3-5-16-8-12-18(13-9-16)14-17-10-6-15(4-2)7-11-17/h15-18H,3-14H2,1-2H3. The molecule has 0 heteroatoms. The summed E-state index contributed by atoms with van der Waals surface area (Å²) in [6, 6.07) is 0. The van der Waals surface area contributed by atoms with Gasteiger partial charge in [0, 0.05) is 0 Å². The van der Waals surface area contributed by atoms with Crippen LogP contribution in [-0.4, -0.2) is 0 Å². The van der Waals surface area contributed by atoms with Crippen molar-refractivity contribution in [2.45, 2.75) is 90.9 Å². The van der Waals surface area contributed by atoms with Gasteiger partial charge in [0.2, 0.25) is 0 Å². The minimum atomic E-state index is 1.07. The Morgan fingerprint density at radius 2 is 1.06 bits per heavy atom. The maximum absolute atomic E-state index is 2.37. The van der Waals surface area contributed by atoms with Gasteiger partial charge in [0.1, 0.15) is 0 Å². The molecule has 2 fully saturated rings. The third-order valence-electron chi connectivity index (χ3n) is 5.87. The van der Waals surface area contributed by atoms with Crippen LogP contribution in [0.25, 0.3) is 0 Å². The molecule has 0 atom stereocenters. The van der Waals surface area contributed by atoms with Crippen molar-refractivity contribution in [3.63, 3.8) is 0 Å². The highest BCUT2D eigenvalue weighted by Gasteiger charge is 2.26. The molecule has 2 saturated carbocycles. The Hall–Kier alpha value is 0. The summed E-state index contributed by atoms with van der Waals surface area (Å²) in [6.45, 7) is 4.72. The Morgan fingerprint density at radius 1 is 0.611 bits per heavy atom. The second-order valence-corrected chi connectivity index (χ2v) is 7.21. The quantitative estimate of drug-likeness (QED) is 0.545. The molecule has 0 aromatic carbocycles. The molecule has 0 aromatic rings. The van der Waals surface area contributed by atoms with Crippen molar-refractivity contribution in [1.29, 1.82) is 0 Å². The summed E-state index contributed by atoms with van der Waals surface area (Å²) >= 11 is 0. The molecule has 2 aliphatic carbocycles. The van der Waals surface area contributed by atoms with E-state index >= 15 is 0 Å².